The van der Waals surface area contributed by atoms with Gasteiger partial charge < -0.3 is 5.11 Å². The van der Waals surface area contributed by atoms with Crippen LogP contribution in [0.15, 0.2) is 29.2 Å². The Hall–Kier alpha value is -1.38. The number of sulfone groups is 1. The van der Waals surface area contributed by atoms with Gasteiger partial charge in [0.25, 0.3) is 5.91 Å². The van der Waals surface area contributed by atoms with Gasteiger partial charge in [-0.05, 0) is 18.6 Å². The maximum absolute atomic E-state index is 12.5. The van der Waals surface area contributed by atoms with Crippen LogP contribution in [-0.2, 0) is 14.6 Å². The molecule has 0 aromatic heterocycles. The Kier molecular flexibility index (Phi) is 4.00. The molecule has 8 heteroatoms. The number of phenolic OH excluding ortho intramolecular Hbond substituents is 1. The Labute approximate surface area is 137 Å². The number of amides is 1. The predicted octanol–water partition coefficient (Wildman–Crippen LogP) is 1.78. The summed E-state index contributed by atoms with van der Waals surface area (Å²) in [6, 6.07) is 6.31. The minimum atomic E-state index is -3.09. The Morgan fingerprint density at radius 1 is 1.36 bits per heavy atom. The lowest BCUT2D eigenvalue weighted by Gasteiger charge is -2.20. The van der Waals surface area contributed by atoms with Crippen molar-refractivity contribution in [2.75, 3.05) is 11.5 Å². The van der Waals surface area contributed by atoms with E-state index in [9.17, 15) is 18.3 Å². The van der Waals surface area contributed by atoms with Crippen molar-refractivity contribution >= 4 is 50.1 Å². The Morgan fingerprint density at radius 3 is 2.73 bits per heavy atom. The van der Waals surface area contributed by atoms with Gasteiger partial charge in [0, 0.05) is 5.56 Å². The van der Waals surface area contributed by atoms with E-state index in [4.69, 9.17) is 12.2 Å². The average Bonchev–Trinajstić information content (AvgIpc) is 2.92. The molecule has 0 bridgehead atoms. The molecule has 2 saturated heterocycles. The van der Waals surface area contributed by atoms with E-state index in [0.717, 1.165) is 11.8 Å². The molecule has 1 N–H and O–H groups in total. The van der Waals surface area contributed by atoms with Gasteiger partial charge in [-0.2, -0.15) is 0 Å². The fourth-order valence-corrected chi connectivity index (χ4v) is 5.62. The molecule has 0 saturated carbocycles. The molecule has 5 nitrogen and oxygen atoms in total. The van der Waals surface area contributed by atoms with E-state index in [2.05, 4.69) is 0 Å². The molecule has 3 rings (SSSR count). The summed E-state index contributed by atoms with van der Waals surface area (Å²) in [4.78, 5) is 14.3. The number of phenols is 1. The zero-order valence-corrected chi connectivity index (χ0v) is 13.9. The predicted molar refractivity (Wildman–Crippen MR) is 90.2 cm³/mol. The van der Waals surface area contributed by atoms with Gasteiger partial charge in [-0.25, -0.2) is 8.42 Å². The first kappa shape index (κ1) is 15.5. The summed E-state index contributed by atoms with van der Waals surface area (Å²) in [7, 11) is -3.09. The van der Waals surface area contributed by atoms with E-state index in [1.807, 2.05) is 0 Å². The third kappa shape index (κ3) is 2.90. The number of nitrogens with zero attached hydrogens (tertiary/aromatic N) is 1. The van der Waals surface area contributed by atoms with Crippen LogP contribution in [0.2, 0.25) is 0 Å². The number of carbonyl (C=O) groups excluding carboxylic acids is 1. The summed E-state index contributed by atoms with van der Waals surface area (Å²) >= 11 is 6.36. The highest BCUT2D eigenvalue weighted by Crippen LogP contribution is 2.37. The largest absolute Gasteiger partial charge is 0.507 e. The second-order valence-electron chi connectivity index (χ2n) is 5.17. The lowest BCUT2D eigenvalue weighted by atomic mass is 10.1. The topological polar surface area (TPSA) is 74.7 Å². The summed E-state index contributed by atoms with van der Waals surface area (Å²) in [5.74, 6) is -0.159. The Bertz CT molecular complexity index is 785. The van der Waals surface area contributed by atoms with E-state index >= 15 is 0 Å². The van der Waals surface area contributed by atoms with Gasteiger partial charge in [-0.1, -0.05) is 42.2 Å². The quantitative estimate of drug-likeness (QED) is 0.644. The zero-order chi connectivity index (χ0) is 15.9. The molecule has 1 atom stereocenters. The Balaban J connectivity index is 1.88. The lowest BCUT2D eigenvalue weighted by molar-refractivity contribution is -0.123. The second-order valence-corrected chi connectivity index (χ2v) is 9.07. The highest BCUT2D eigenvalue weighted by molar-refractivity contribution is 8.26. The standard InChI is InChI=1S/C14H13NO4S3/c16-11-4-2-1-3-9(11)7-12-13(17)15(14(20)21-12)10-5-6-22(18,19)8-10/h1-4,7,10,16H,5-6,8H2/b12-7-. The van der Waals surface area contributed by atoms with Crippen LogP contribution in [0, 0.1) is 0 Å². The van der Waals surface area contributed by atoms with E-state index in [0.29, 0.717) is 21.2 Å². The molecule has 22 heavy (non-hydrogen) atoms. The number of hydrogen-bond donors (Lipinski definition) is 1. The molecule has 1 amide bonds. The minimum absolute atomic E-state index is 0.0384. The first-order valence-electron chi connectivity index (χ1n) is 6.63. The van der Waals surface area contributed by atoms with Crippen molar-refractivity contribution in [3.8, 4) is 5.75 Å². The summed E-state index contributed by atoms with van der Waals surface area (Å²) in [6.45, 7) is 0. The molecular weight excluding hydrogens is 342 g/mol. The number of rotatable bonds is 2. The van der Waals surface area contributed by atoms with Crippen molar-refractivity contribution in [1.29, 1.82) is 0 Å². The van der Waals surface area contributed by atoms with Crippen LogP contribution in [-0.4, -0.2) is 46.2 Å². The number of aromatic hydroxyl groups is 1. The number of benzene rings is 1. The van der Waals surface area contributed by atoms with Gasteiger partial charge in [0.05, 0.1) is 22.5 Å². The summed E-state index contributed by atoms with van der Waals surface area (Å²) in [5.41, 5.74) is 0.530. The van der Waals surface area contributed by atoms with Gasteiger partial charge >= 0.3 is 0 Å². The third-order valence-corrected chi connectivity index (χ3v) is 6.70. The van der Waals surface area contributed by atoms with Crippen LogP contribution in [0.25, 0.3) is 6.08 Å². The smallest absolute Gasteiger partial charge is 0.266 e. The summed E-state index contributed by atoms with van der Waals surface area (Å²) in [6.07, 6.45) is 2.00. The molecule has 2 aliphatic rings. The molecule has 1 aromatic rings. The average molecular weight is 355 g/mol. The normalized spacial score (nSPS) is 26.1. The van der Waals surface area contributed by atoms with Crippen molar-refractivity contribution in [3.63, 3.8) is 0 Å². The SMILES string of the molecule is O=C1/C(=C/c2ccccc2O)SC(=S)N1C1CCS(=O)(=O)C1. The summed E-state index contributed by atoms with van der Waals surface area (Å²) in [5, 5.41) is 9.78. The van der Waals surface area contributed by atoms with Crippen LogP contribution in [0.4, 0.5) is 0 Å². The molecule has 2 aliphatic heterocycles. The molecule has 0 radical (unpaired) electrons. The molecule has 1 aromatic carbocycles. The van der Waals surface area contributed by atoms with Crippen molar-refractivity contribution in [2.24, 2.45) is 0 Å². The second kappa shape index (κ2) is 5.68. The number of thioether (sulfide) groups is 1. The monoisotopic (exact) mass is 355 g/mol. The van der Waals surface area contributed by atoms with Gasteiger partial charge in [-0.3, -0.25) is 9.69 Å². The number of thiocarbonyl (C=S) groups is 1. The highest BCUT2D eigenvalue weighted by Gasteiger charge is 2.42. The molecule has 0 aliphatic carbocycles. The maximum Gasteiger partial charge on any atom is 0.266 e. The molecule has 0 spiro atoms. The van der Waals surface area contributed by atoms with Crippen LogP contribution in [0.3, 0.4) is 0 Å². The fourth-order valence-electron chi connectivity index (χ4n) is 2.52. The molecule has 1 unspecified atom stereocenters. The Morgan fingerprint density at radius 2 is 2.09 bits per heavy atom. The van der Waals surface area contributed by atoms with Gasteiger partial charge in [0.1, 0.15) is 10.1 Å². The third-order valence-electron chi connectivity index (χ3n) is 3.62. The number of carbonyl (C=O) groups is 1. The molecule has 2 heterocycles. The fraction of sp³-hybridized carbons (Fsp3) is 0.286. The van der Waals surface area contributed by atoms with E-state index < -0.39 is 9.84 Å². The van der Waals surface area contributed by atoms with Crippen molar-refractivity contribution in [2.45, 2.75) is 12.5 Å². The van der Waals surface area contributed by atoms with Crippen LogP contribution < -0.4 is 0 Å². The first-order valence-corrected chi connectivity index (χ1v) is 9.67. The van der Waals surface area contributed by atoms with Crippen molar-refractivity contribution in [1.82, 2.24) is 4.90 Å². The summed E-state index contributed by atoms with van der Waals surface area (Å²) < 4.78 is 23.6. The van der Waals surface area contributed by atoms with Crippen LogP contribution >= 0.6 is 24.0 Å². The van der Waals surface area contributed by atoms with Crippen molar-refractivity contribution in [3.05, 3.63) is 34.7 Å². The van der Waals surface area contributed by atoms with Gasteiger partial charge in [0.15, 0.2) is 9.84 Å². The highest BCUT2D eigenvalue weighted by atomic mass is 32.2. The van der Waals surface area contributed by atoms with E-state index in [1.54, 1.807) is 24.3 Å². The van der Waals surface area contributed by atoms with E-state index in [-0.39, 0.29) is 29.2 Å². The number of hydrogen-bond acceptors (Lipinski definition) is 6. The van der Waals surface area contributed by atoms with E-state index in [1.165, 1.54) is 11.0 Å². The molecular formula is C14H13NO4S3. The molecule has 116 valence electrons. The van der Waals surface area contributed by atoms with Crippen molar-refractivity contribution < 1.29 is 18.3 Å². The van der Waals surface area contributed by atoms with Gasteiger partial charge in [0.2, 0.25) is 0 Å². The zero-order valence-electron chi connectivity index (χ0n) is 11.4. The lowest BCUT2D eigenvalue weighted by Crippen LogP contribution is -2.39. The maximum atomic E-state index is 12.5. The van der Waals surface area contributed by atoms with Gasteiger partial charge in [-0.15, -0.1) is 0 Å². The molecule has 2 fully saturated rings. The number of para-hydroxylation sites is 1. The first-order chi connectivity index (χ1) is 10.4. The van der Waals surface area contributed by atoms with Crippen LogP contribution in [0.5, 0.6) is 5.75 Å². The minimum Gasteiger partial charge on any atom is -0.507 e. The van der Waals surface area contributed by atoms with Crippen LogP contribution in [0.1, 0.15) is 12.0 Å².